The number of hydrogen-bond acceptors (Lipinski definition) is 3. The predicted molar refractivity (Wildman–Crippen MR) is 85.8 cm³/mol. The molecule has 0 aliphatic heterocycles. The summed E-state index contributed by atoms with van der Waals surface area (Å²) in [6.45, 7) is 3.62. The average molecular weight is 297 g/mol. The van der Waals surface area contributed by atoms with Gasteiger partial charge in [0.15, 0.2) is 6.10 Å². The van der Waals surface area contributed by atoms with Crippen molar-refractivity contribution in [2.24, 2.45) is 0 Å². The maximum absolute atomic E-state index is 12.0. The molecule has 0 saturated heterocycles. The number of aryl methyl sites for hydroxylation is 1. The third kappa shape index (κ3) is 4.19. The molecule has 1 amide bonds. The molecule has 0 aliphatic rings. The van der Waals surface area contributed by atoms with Crippen LogP contribution in [0.1, 0.15) is 29.8 Å². The van der Waals surface area contributed by atoms with Crippen molar-refractivity contribution in [3.05, 3.63) is 65.7 Å². The molecule has 0 aromatic heterocycles. The van der Waals surface area contributed by atoms with Crippen LogP contribution in [0.15, 0.2) is 54.6 Å². The zero-order chi connectivity index (χ0) is 15.9. The lowest BCUT2D eigenvalue weighted by Crippen LogP contribution is -2.29. The fourth-order valence-electron chi connectivity index (χ4n) is 1.92. The van der Waals surface area contributed by atoms with E-state index in [9.17, 15) is 9.59 Å². The minimum absolute atomic E-state index is 0.353. The minimum Gasteiger partial charge on any atom is -0.449 e. The van der Waals surface area contributed by atoms with Crippen LogP contribution in [0.5, 0.6) is 0 Å². The van der Waals surface area contributed by atoms with Crippen LogP contribution in [0.3, 0.4) is 0 Å². The van der Waals surface area contributed by atoms with E-state index in [0.29, 0.717) is 11.3 Å². The summed E-state index contributed by atoms with van der Waals surface area (Å²) in [6, 6.07) is 16.2. The first-order valence-corrected chi connectivity index (χ1v) is 7.26. The smallest absolute Gasteiger partial charge is 0.338 e. The fourth-order valence-corrected chi connectivity index (χ4v) is 1.92. The first kappa shape index (κ1) is 15.8. The number of carbonyl (C=O) groups is 2. The molecular formula is C18H19NO3. The standard InChI is InChI=1S/C18H19NO3/c1-3-14-9-11-16(12-10-14)19-17(20)13(2)22-18(21)15-7-5-4-6-8-15/h4-13H,3H2,1-2H3,(H,19,20)/t13-/m1/s1. The number of anilines is 1. The van der Waals surface area contributed by atoms with E-state index >= 15 is 0 Å². The number of esters is 1. The van der Waals surface area contributed by atoms with Gasteiger partial charge in [-0.05, 0) is 43.2 Å². The van der Waals surface area contributed by atoms with Crippen molar-refractivity contribution in [2.75, 3.05) is 5.32 Å². The van der Waals surface area contributed by atoms with E-state index in [1.165, 1.54) is 5.56 Å². The van der Waals surface area contributed by atoms with Gasteiger partial charge in [-0.25, -0.2) is 4.79 Å². The number of carbonyl (C=O) groups excluding carboxylic acids is 2. The maximum Gasteiger partial charge on any atom is 0.338 e. The summed E-state index contributed by atoms with van der Waals surface area (Å²) >= 11 is 0. The third-order valence-electron chi connectivity index (χ3n) is 3.29. The zero-order valence-corrected chi connectivity index (χ0v) is 12.7. The molecule has 22 heavy (non-hydrogen) atoms. The molecule has 4 nitrogen and oxygen atoms in total. The summed E-state index contributed by atoms with van der Waals surface area (Å²) in [6.07, 6.45) is 0.0813. The number of nitrogens with one attached hydrogen (secondary N) is 1. The van der Waals surface area contributed by atoms with Gasteiger partial charge in [0, 0.05) is 5.69 Å². The van der Waals surface area contributed by atoms with Gasteiger partial charge in [0.25, 0.3) is 5.91 Å². The Balaban J connectivity index is 1.92. The van der Waals surface area contributed by atoms with Crippen LogP contribution < -0.4 is 5.32 Å². The molecule has 2 aromatic rings. The van der Waals surface area contributed by atoms with Crippen molar-refractivity contribution < 1.29 is 14.3 Å². The lowest BCUT2D eigenvalue weighted by molar-refractivity contribution is -0.123. The maximum atomic E-state index is 12.0. The Kier molecular flexibility index (Phi) is 5.31. The third-order valence-corrected chi connectivity index (χ3v) is 3.29. The molecule has 2 aromatic carbocycles. The van der Waals surface area contributed by atoms with Gasteiger partial charge in [-0.2, -0.15) is 0 Å². The Labute approximate surface area is 130 Å². The van der Waals surface area contributed by atoms with Gasteiger partial charge in [-0.3, -0.25) is 4.79 Å². The fraction of sp³-hybridized carbons (Fsp3) is 0.222. The summed E-state index contributed by atoms with van der Waals surface area (Å²) in [5.74, 6) is -0.863. The molecule has 0 aliphatic carbocycles. The van der Waals surface area contributed by atoms with Crippen LogP contribution >= 0.6 is 0 Å². The molecule has 4 heteroatoms. The van der Waals surface area contributed by atoms with Crippen LogP contribution in [-0.2, 0) is 16.0 Å². The Bertz CT molecular complexity index is 635. The Morgan fingerprint density at radius 1 is 1.05 bits per heavy atom. The van der Waals surface area contributed by atoms with Crippen LogP contribution in [0.4, 0.5) is 5.69 Å². The lowest BCUT2D eigenvalue weighted by atomic mass is 10.1. The number of ether oxygens (including phenoxy) is 1. The van der Waals surface area contributed by atoms with Gasteiger partial charge >= 0.3 is 5.97 Å². The number of hydrogen-bond donors (Lipinski definition) is 1. The van der Waals surface area contributed by atoms with E-state index in [4.69, 9.17) is 4.74 Å². The molecule has 0 saturated carbocycles. The molecule has 0 fully saturated rings. The Hall–Kier alpha value is -2.62. The van der Waals surface area contributed by atoms with Gasteiger partial charge < -0.3 is 10.1 Å². The molecule has 0 bridgehead atoms. The van der Waals surface area contributed by atoms with Gasteiger partial charge in [-0.15, -0.1) is 0 Å². The van der Waals surface area contributed by atoms with Crippen molar-refractivity contribution in [3.8, 4) is 0 Å². The normalized spacial score (nSPS) is 11.5. The van der Waals surface area contributed by atoms with Crippen molar-refractivity contribution >= 4 is 17.6 Å². The van der Waals surface area contributed by atoms with E-state index in [1.54, 1.807) is 31.2 Å². The van der Waals surface area contributed by atoms with Crippen molar-refractivity contribution in [2.45, 2.75) is 26.4 Å². The quantitative estimate of drug-likeness (QED) is 0.860. The van der Waals surface area contributed by atoms with Crippen molar-refractivity contribution in [1.29, 1.82) is 0 Å². The average Bonchev–Trinajstić information content (AvgIpc) is 2.56. The first-order chi connectivity index (χ1) is 10.6. The lowest BCUT2D eigenvalue weighted by Gasteiger charge is -2.13. The van der Waals surface area contributed by atoms with Gasteiger partial charge in [-0.1, -0.05) is 37.3 Å². The van der Waals surface area contributed by atoms with Crippen molar-refractivity contribution in [1.82, 2.24) is 0 Å². The summed E-state index contributed by atoms with van der Waals surface area (Å²) in [7, 11) is 0. The Morgan fingerprint density at radius 3 is 2.27 bits per heavy atom. The van der Waals surface area contributed by atoms with Crippen LogP contribution in [0.25, 0.3) is 0 Å². The van der Waals surface area contributed by atoms with Crippen LogP contribution in [0.2, 0.25) is 0 Å². The highest BCUT2D eigenvalue weighted by Gasteiger charge is 2.18. The highest BCUT2D eigenvalue weighted by Crippen LogP contribution is 2.11. The summed E-state index contributed by atoms with van der Waals surface area (Å²) in [5.41, 5.74) is 2.31. The largest absolute Gasteiger partial charge is 0.449 e. The first-order valence-electron chi connectivity index (χ1n) is 7.26. The van der Waals surface area contributed by atoms with Gasteiger partial charge in [0.1, 0.15) is 0 Å². The molecular weight excluding hydrogens is 278 g/mol. The molecule has 0 unspecified atom stereocenters. The summed E-state index contributed by atoms with van der Waals surface area (Å²) < 4.78 is 5.16. The van der Waals surface area contributed by atoms with E-state index in [1.807, 2.05) is 30.3 Å². The monoisotopic (exact) mass is 297 g/mol. The molecule has 1 N–H and O–H groups in total. The van der Waals surface area contributed by atoms with E-state index in [0.717, 1.165) is 6.42 Å². The van der Waals surface area contributed by atoms with E-state index in [-0.39, 0.29) is 5.91 Å². The molecule has 114 valence electrons. The number of rotatable bonds is 5. The molecule has 1 atom stereocenters. The highest BCUT2D eigenvalue weighted by molar-refractivity contribution is 5.97. The van der Waals surface area contributed by atoms with Crippen LogP contribution in [0, 0.1) is 0 Å². The van der Waals surface area contributed by atoms with E-state index in [2.05, 4.69) is 12.2 Å². The second-order valence-electron chi connectivity index (χ2n) is 4.95. The van der Waals surface area contributed by atoms with E-state index < -0.39 is 12.1 Å². The summed E-state index contributed by atoms with van der Waals surface area (Å²) in [4.78, 5) is 23.9. The number of amides is 1. The summed E-state index contributed by atoms with van der Waals surface area (Å²) in [5, 5.41) is 2.73. The van der Waals surface area contributed by atoms with Gasteiger partial charge in [0.05, 0.1) is 5.56 Å². The second kappa shape index (κ2) is 7.41. The predicted octanol–water partition coefficient (Wildman–Crippen LogP) is 3.43. The molecule has 0 heterocycles. The molecule has 0 spiro atoms. The van der Waals surface area contributed by atoms with Crippen LogP contribution in [-0.4, -0.2) is 18.0 Å². The highest BCUT2D eigenvalue weighted by atomic mass is 16.5. The SMILES string of the molecule is CCc1ccc(NC(=O)[C@@H](C)OC(=O)c2ccccc2)cc1. The van der Waals surface area contributed by atoms with Crippen molar-refractivity contribution in [3.63, 3.8) is 0 Å². The Morgan fingerprint density at radius 2 is 1.68 bits per heavy atom. The minimum atomic E-state index is -0.862. The van der Waals surface area contributed by atoms with Gasteiger partial charge in [0.2, 0.25) is 0 Å². The topological polar surface area (TPSA) is 55.4 Å². The zero-order valence-electron chi connectivity index (χ0n) is 12.7. The number of benzene rings is 2. The molecule has 2 rings (SSSR count). The molecule has 0 radical (unpaired) electrons. The second-order valence-corrected chi connectivity index (χ2v) is 4.95.